The Labute approximate surface area is 162 Å². The molecule has 1 fully saturated rings. The van der Waals surface area contributed by atoms with Crippen LogP contribution in [0.15, 0.2) is 17.1 Å². The summed E-state index contributed by atoms with van der Waals surface area (Å²) in [7, 11) is 1.85. The number of halogens is 1. The molecular weight excluding hydrogens is 419 g/mol. The number of rotatable bonds is 6. The highest BCUT2D eigenvalue weighted by molar-refractivity contribution is 14.0. The van der Waals surface area contributed by atoms with Gasteiger partial charge in [-0.2, -0.15) is 0 Å². The zero-order valence-electron chi connectivity index (χ0n) is 14.6. The molecule has 1 aromatic heterocycles. The fourth-order valence-corrected chi connectivity index (χ4v) is 3.92. The number of likely N-dealkylation sites (N-methyl/N-ethyl adjacent to an activating group) is 1. The van der Waals surface area contributed by atoms with E-state index in [1.807, 2.05) is 18.4 Å². The normalized spacial score (nSPS) is 19.3. The summed E-state index contributed by atoms with van der Waals surface area (Å²) >= 11 is 1.88. The molecule has 0 bridgehead atoms. The molecule has 2 rings (SSSR count). The summed E-state index contributed by atoms with van der Waals surface area (Å²) in [5.41, 5.74) is 0. The fourth-order valence-electron chi connectivity index (χ4n) is 3.02. The molecule has 0 amide bonds. The third-order valence-corrected chi connectivity index (χ3v) is 5.61. The van der Waals surface area contributed by atoms with Crippen molar-refractivity contribution in [3.05, 3.63) is 21.9 Å². The predicted octanol–water partition coefficient (Wildman–Crippen LogP) is 3.47. The van der Waals surface area contributed by atoms with E-state index in [1.165, 1.54) is 35.6 Å². The number of piperidine rings is 1. The van der Waals surface area contributed by atoms with Crippen molar-refractivity contribution in [2.75, 3.05) is 26.7 Å². The zero-order valence-corrected chi connectivity index (χ0v) is 17.7. The Morgan fingerprint density at radius 1 is 1.26 bits per heavy atom. The van der Waals surface area contributed by atoms with Gasteiger partial charge in [0, 0.05) is 29.4 Å². The minimum Gasteiger partial charge on any atom is -0.355 e. The van der Waals surface area contributed by atoms with E-state index in [4.69, 9.17) is 0 Å². The molecule has 2 heterocycles. The SMILES string of the molecule is CCc1ccc(CNC(=NC)NCC2CCCCN2CC)s1.I. The second-order valence-corrected chi connectivity index (χ2v) is 7.06. The van der Waals surface area contributed by atoms with Gasteiger partial charge in [-0.3, -0.25) is 9.89 Å². The van der Waals surface area contributed by atoms with Gasteiger partial charge in [0.05, 0.1) is 6.54 Å². The standard InChI is InChI=1S/C17H30N4S.HI/c1-4-15-9-10-16(22-15)13-20-17(18-3)19-12-14-8-6-7-11-21(14)5-2;/h9-10,14H,4-8,11-13H2,1-3H3,(H2,18,19,20);1H. The van der Waals surface area contributed by atoms with Crippen LogP contribution in [0.5, 0.6) is 0 Å². The topological polar surface area (TPSA) is 39.7 Å². The number of hydrogen-bond acceptors (Lipinski definition) is 3. The van der Waals surface area contributed by atoms with Crippen LogP contribution < -0.4 is 10.6 Å². The monoisotopic (exact) mass is 450 g/mol. The second kappa shape index (κ2) is 11.3. The second-order valence-electron chi connectivity index (χ2n) is 5.81. The molecule has 0 saturated carbocycles. The smallest absolute Gasteiger partial charge is 0.191 e. The molecule has 0 aliphatic carbocycles. The number of aryl methyl sites for hydroxylation is 1. The maximum Gasteiger partial charge on any atom is 0.191 e. The van der Waals surface area contributed by atoms with Crippen LogP contribution in [0.2, 0.25) is 0 Å². The van der Waals surface area contributed by atoms with Crippen molar-refractivity contribution in [2.24, 2.45) is 4.99 Å². The van der Waals surface area contributed by atoms with Crippen LogP contribution in [0.4, 0.5) is 0 Å². The van der Waals surface area contributed by atoms with E-state index < -0.39 is 0 Å². The molecule has 1 aromatic rings. The molecule has 1 saturated heterocycles. The number of aliphatic imine (C=N–C) groups is 1. The lowest BCUT2D eigenvalue weighted by Gasteiger charge is -2.35. The van der Waals surface area contributed by atoms with Crippen LogP contribution in [0.25, 0.3) is 0 Å². The lowest BCUT2D eigenvalue weighted by molar-refractivity contribution is 0.157. The number of likely N-dealkylation sites (tertiary alicyclic amines) is 1. The van der Waals surface area contributed by atoms with E-state index in [0.717, 1.165) is 32.0 Å². The Morgan fingerprint density at radius 2 is 2.04 bits per heavy atom. The summed E-state index contributed by atoms with van der Waals surface area (Å²) in [5, 5.41) is 6.92. The summed E-state index contributed by atoms with van der Waals surface area (Å²) in [6.45, 7) is 8.68. The van der Waals surface area contributed by atoms with Crippen molar-refractivity contribution in [1.82, 2.24) is 15.5 Å². The van der Waals surface area contributed by atoms with Crippen LogP contribution in [-0.4, -0.2) is 43.6 Å². The van der Waals surface area contributed by atoms with Gasteiger partial charge in [-0.1, -0.05) is 20.3 Å². The molecule has 0 aromatic carbocycles. The molecule has 1 aliphatic heterocycles. The lowest BCUT2D eigenvalue weighted by atomic mass is 10.0. The van der Waals surface area contributed by atoms with Gasteiger partial charge in [-0.25, -0.2) is 0 Å². The van der Waals surface area contributed by atoms with Crippen LogP contribution in [-0.2, 0) is 13.0 Å². The number of nitrogens with zero attached hydrogens (tertiary/aromatic N) is 2. The molecule has 6 heteroatoms. The van der Waals surface area contributed by atoms with Gasteiger partial charge in [0.2, 0.25) is 0 Å². The summed E-state index contributed by atoms with van der Waals surface area (Å²) in [6.07, 6.45) is 5.11. The molecule has 23 heavy (non-hydrogen) atoms. The van der Waals surface area contributed by atoms with Crippen LogP contribution in [0, 0.1) is 0 Å². The maximum atomic E-state index is 4.35. The average Bonchev–Trinajstić information content (AvgIpc) is 3.03. The molecule has 1 atom stereocenters. The first-order valence-corrected chi connectivity index (χ1v) is 9.34. The van der Waals surface area contributed by atoms with Crippen molar-refractivity contribution >= 4 is 41.3 Å². The quantitative estimate of drug-likeness (QED) is 0.396. The average molecular weight is 450 g/mol. The van der Waals surface area contributed by atoms with Gasteiger partial charge in [-0.15, -0.1) is 35.3 Å². The van der Waals surface area contributed by atoms with Crippen molar-refractivity contribution in [1.29, 1.82) is 0 Å². The van der Waals surface area contributed by atoms with Crippen LogP contribution in [0.1, 0.15) is 42.9 Å². The Balaban J connectivity index is 0.00000264. The first-order chi connectivity index (χ1) is 10.8. The van der Waals surface area contributed by atoms with E-state index >= 15 is 0 Å². The summed E-state index contributed by atoms with van der Waals surface area (Å²) in [5.74, 6) is 0.910. The Kier molecular flexibility index (Phi) is 10.1. The number of guanidine groups is 1. The van der Waals surface area contributed by atoms with Gasteiger partial charge in [0.25, 0.3) is 0 Å². The summed E-state index contributed by atoms with van der Waals surface area (Å²) in [4.78, 5) is 9.74. The van der Waals surface area contributed by atoms with E-state index in [-0.39, 0.29) is 24.0 Å². The Hall–Kier alpha value is -0.340. The van der Waals surface area contributed by atoms with Gasteiger partial charge < -0.3 is 10.6 Å². The first-order valence-electron chi connectivity index (χ1n) is 8.53. The molecule has 2 N–H and O–H groups in total. The predicted molar refractivity (Wildman–Crippen MR) is 112 cm³/mol. The van der Waals surface area contributed by atoms with E-state index in [2.05, 4.69) is 46.5 Å². The molecule has 0 spiro atoms. The van der Waals surface area contributed by atoms with Crippen LogP contribution >= 0.6 is 35.3 Å². The van der Waals surface area contributed by atoms with E-state index in [0.29, 0.717) is 6.04 Å². The molecule has 132 valence electrons. The first kappa shape index (κ1) is 20.7. The highest BCUT2D eigenvalue weighted by Gasteiger charge is 2.20. The highest BCUT2D eigenvalue weighted by atomic mass is 127. The molecule has 4 nitrogen and oxygen atoms in total. The fraction of sp³-hybridized carbons (Fsp3) is 0.706. The number of hydrogen-bond donors (Lipinski definition) is 2. The van der Waals surface area contributed by atoms with Crippen LogP contribution in [0.3, 0.4) is 0 Å². The largest absolute Gasteiger partial charge is 0.355 e. The van der Waals surface area contributed by atoms with Gasteiger partial charge in [0.15, 0.2) is 5.96 Å². The summed E-state index contributed by atoms with van der Waals surface area (Å²) in [6, 6.07) is 5.08. The minimum atomic E-state index is 0. The molecule has 1 unspecified atom stereocenters. The van der Waals surface area contributed by atoms with Crippen molar-refractivity contribution in [3.63, 3.8) is 0 Å². The Morgan fingerprint density at radius 3 is 2.70 bits per heavy atom. The van der Waals surface area contributed by atoms with Crippen molar-refractivity contribution < 1.29 is 0 Å². The zero-order chi connectivity index (χ0) is 15.8. The van der Waals surface area contributed by atoms with E-state index in [9.17, 15) is 0 Å². The molecule has 1 aliphatic rings. The van der Waals surface area contributed by atoms with E-state index in [1.54, 1.807) is 0 Å². The summed E-state index contributed by atoms with van der Waals surface area (Å²) < 4.78 is 0. The van der Waals surface area contributed by atoms with Gasteiger partial charge >= 0.3 is 0 Å². The van der Waals surface area contributed by atoms with Gasteiger partial charge in [-0.05, 0) is 44.5 Å². The van der Waals surface area contributed by atoms with Crippen molar-refractivity contribution in [2.45, 2.75) is 52.1 Å². The van der Waals surface area contributed by atoms with Crippen molar-refractivity contribution in [3.8, 4) is 0 Å². The maximum absolute atomic E-state index is 4.35. The van der Waals surface area contributed by atoms with Gasteiger partial charge in [0.1, 0.15) is 0 Å². The lowest BCUT2D eigenvalue weighted by Crippen LogP contribution is -2.48. The third kappa shape index (κ3) is 6.58. The Bertz CT molecular complexity index is 475. The minimum absolute atomic E-state index is 0. The molecule has 0 radical (unpaired) electrons. The highest BCUT2D eigenvalue weighted by Crippen LogP contribution is 2.17. The third-order valence-electron chi connectivity index (χ3n) is 4.38. The number of thiophene rings is 1. The number of nitrogens with one attached hydrogen (secondary N) is 2. The molecular formula is C17H31IN4S.